The summed E-state index contributed by atoms with van der Waals surface area (Å²) in [5.74, 6) is 0. The van der Waals surface area contributed by atoms with E-state index in [1.54, 1.807) is 18.7 Å². The molecule has 88 valence electrons. The summed E-state index contributed by atoms with van der Waals surface area (Å²) in [4.78, 5) is 2.36. The average Bonchev–Trinajstić information content (AvgIpc) is 2.33. The normalized spacial score (nSPS) is 12.4. The van der Waals surface area contributed by atoms with Crippen molar-refractivity contribution in [1.82, 2.24) is 0 Å². The van der Waals surface area contributed by atoms with E-state index in [1.165, 1.54) is 4.90 Å². The molecule has 2 aromatic carbocycles. The first-order valence-electron chi connectivity index (χ1n) is 5.37. The van der Waals surface area contributed by atoms with Crippen molar-refractivity contribution in [2.45, 2.75) is 22.8 Å². The van der Waals surface area contributed by atoms with Gasteiger partial charge in [0.05, 0.1) is 6.10 Å². The van der Waals surface area contributed by atoms with Crippen LogP contribution < -0.4 is 0 Å². The van der Waals surface area contributed by atoms with Gasteiger partial charge in [0.2, 0.25) is 0 Å². The topological polar surface area (TPSA) is 20.2 Å². The molecule has 0 spiro atoms. The molecule has 2 rings (SSSR count). The first-order valence-corrected chi connectivity index (χ1v) is 6.98. The van der Waals surface area contributed by atoms with Gasteiger partial charge in [-0.1, -0.05) is 36.0 Å². The van der Waals surface area contributed by atoms with Crippen LogP contribution in [0.4, 0.5) is 0 Å². The maximum atomic E-state index is 9.50. The molecule has 0 amide bonds. The highest BCUT2D eigenvalue weighted by Gasteiger charge is 2.06. The van der Waals surface area contributed by atoms with Crippen molar-refractivity contribution in [2.24, 2.45) is 0 Å². The molecule has 1 N–H and O–H groups in total. The van der Waals surface area contributed by atoms with Crippen molar-refractivity contribution in [3.63, 3.8) is 0 Å². The summed E-state index contributed by atoms with van der Waals surface area (Å²) in [5, 5.41) is 9.50. The smallest absolute Gasteiger partial charge is 0.0762 e. The van der Waals surface area contributed by atoms with E-state index < -0.39 is 6.10 Å². The van der Waals surface area contributed by atoms with Crippen molar-refractivity contribution in [3.05, 3.63) is 58.6 Å². The quantitative estimate of drug-likeness (QED) is 0.890. The van der Waals surface area contributed by atoms with Gasteiger partial charge in [-0.25, -0.2) is 0 Å². The Morgan fingerprint density at radius 2 is 1.82 bits per heavy atom. The van der Waals surface area contributed by atoms with Crippen molar-refractivity contribution < 1.29 is 5.11 Å². The monoisotopic (exact) mass is 308 g/mol. The molecular weight excluding hydrogens is 296 g/mol. The summed E-state index contributed by atoms with van der Waals surface area (Å²) in [5.41, 5.74) is 0.925. The number of hydrogen-bond donors (Lipinski definition) is 1. The minimum absolute atomic E-state index is 0.429. The van der Waals surface area contributed by atoms with E-state index in [0.29, 0.717) is 0 Å². The van der Waals surface area contributed by atoms with Gasteiger partial charge in [-0.2, -0.15) is 0 Å². The van der Waals surface area contributed by atoms with Gasteiger partial charge in [0.25, 0.3) is 0 Å². The predicted molar refractivity (Wildman–Crippen MR) is 75.3 cm³/mol. The molecule has 0 aliphatic carbocycles. The molecule has 0 saturated heterocycles. The number of rotatable bonds is 3. The number of aliphatic hydroxyl groups is 1. The second-order valence-corrected chi connectivity index (χ2v) is 5.75. The zero-order chi connectivity index (χ0) is 12.3. The summed E-state index contributed by atoms with van der Waals surface area (Å²) in [6.07, 6.45) is -0.429. The van der Waals surface area contributed by atoms with Crippen LogP contribution in [0.5, 0.6) is 0 Å². The second kappa shape index (κ2) is 5.71. The summed E-state index contributed by atoms with van der Waals surface area (Å²) in [6, 6.07) is 16.2. The molecule has 3 heteroatoms. The number of halogens is 1. The molecule has 0 radical (unpaired) electrons. The lowest BCUT2D eigenvalue weighted by atomic mass is 10.1. The maximum Gasteiger partial charge on any atom is 0.0762 e. The van der Waals surface area contributed by atoms with Crippen LogP contribution in [-0.2, 0) is 0 Å². The van der Waals surface area contributed by atoms with E-state index in [2.05, 4.69) is 28.1 Å². The standard InChI is InChI=1S/C14H13BrOS/c1-10(16)11-7-8-14(13(15)9-11)17-12-5-3-2-4-6-12/h2-10,16H,1H3/t10-/m1/s1. The van der Waals surface area contributed by atoms with Gasteiger partial charge in [-0.15, -0.1) is 0 Å². The van der Waals surface area contributed by atoms with E-state index in [9.17, 15) is 5.11 Å². The van der Waals surface area contributed by atoms with Gasteiger partial charge >= 0.3 is 0 Å². The van der Waals surface area contributed by atoms with E-state index in [4.69, 9.17) is 0 Å². The Kier molecular flexibility index (Phi) is 4.26. The molecule has 0 unspecified atom stereocenters. The van der Waals surface area contributed by atoms with E-state index in [0.717, 1.165) is 14.9 Å². The Labute approximate surface area is 114 Å². The van der Waals surface area contributed by atoms with Gasteiger partial charge in [0, 0.05) is 14.3 Å². The first-order chi connectivity index (χ1) is 8.16. The van der Waals surface area contributed by atoms with Gasteiger partial charge < -0.3 is 5.11 Å². The van der Waals surface area contributed by atoms with Crippen LogP contribution in [0.1, 0.15) is 18.6 Å². The Morgan fingerprint density at radius 3 is 2.41 bits per heavy atom. The number of hydrogen-bond acceptors (Lipinski definition) is 2. The summed E-state index contributed by atoms with van der Waals surface area (Å²) in [6.45, 7) is 1.77. The zero-order valence-electron chi connectivity index (χ0n) is 9.43. The fourth-order valence-electron chi connectivity index (χ4n) is 1.48. The van der Waals surface area contributed by atoms with Crippen LogP contribution in [0.15, 0.2) is 62.8 Å². The fraction of sp³-hybridized carbons (Fsp3) is 0.143. The van der Waals surface area contributed by atoms with Crippen LogP contribution in [0.3, 0.4) is 0 Å². The minimum atomic E-state index is -0.429. The third-order valence-electron chi connectivity index (χ3n) is 2.41. The van der Waals surface area contributed by atoms with E-state index >= 15 is 0 Å². The van der Waals surface area contributed by atoms with Crippen LogP contribution in [0.2, 0.25) is 0 Å². The minimum Gasteiger partial charge on any atom is -0.389 e. The van der Waals surface area contributed by atoms with Crippen LogP contribution in [0, 0.1) is 0 Å². The van der Waals surface area contributed by atoms with E-state index in [-0.39, 0.29) is 0 Å². The van der Waals surface area contributed by atoms with Crippen molar-refractivity contribution in [3.8, 4) is 0 Å². The summed E-state index contributed by atoms with van der Waals surface area (Å²) >= 11 is 5.25. The van der Waals surface area contributed by atoms with Crippen molar-refractivity contribution in [1.29, 1.82) is 0 Å². The molecule has 1 nitrogen and oxygen atoms in total. The number of aliphatic hydroxyl groups excluding tert-OH is 1. The van der Waals surface area contributed by atoms with E-state index in [1.807, 2.05) is 36.4 Å². The third-order valence-corrected chi connectivity index (χ3v) is 4.41. The van der Waals surface area contributed by atoms with Gasteiger partial charge in [0.1, 0.15) is 0 Å². The maximum absolute atomic E-state index is 9.50. The molecule has 0 saturated carbocycles. The molecule has 0 aliphatic rings. The average molecular weight is 309 g/mol. The lowest BCUT2D eigenvalue weighted by Gasteiger charge is -2.09. The lowest BCUT2D eigenvalue weighted by Crippen LogP contribution is -1.90. The van der Waals surface area contributed by atoms with Crippen molar-refractivity contribution in [2.75, 3.05) is 0 Å². The molecule has 0 bridgehead atoms. The molecule has 1 atom stereocenters. The molecule has 0 fully saturated rings. The Balaban J connectivity index is 2.23. The highest BCUT2D eigenvalue weighted by molar-refractivity contribution is 9.10. The highest BCUT2D eigenvalue weighted by Crippen LogP contribution is 2.34. The Hall–Kier alpha value is -0.770. The summed E-state index contributed by atoms with van der Waals surface area (Å²) in [7, 11) is 0. The zero-order valence-corrected chi connectivity index (χ0v) is 11.8. The fourth-order valence-corrected chi connectivity index (χ4v) is 2.95. The molecule has 2 aromatic rings. The Bertz CT molecular complexity index is 497. The third kappa shape index (κ3) is 3.35. The van der Waals surface area contributed by atoms with Gasteiger partial charge in [-0.05, 0) is 52.7 Å². The lowest BCUT2D eigenvalue weighted by molar-refractivity contribution is 0.199. The predicted octanol–water partition coefficient (Wildman–Crippen LogP) is 4.65. The van der Waals surface area contributed by atoms with Gasteiger partial charge in [-0.3, -0.25) is 0 Å². The summed E-state index contributed by atoms with van der Waals surface area (Å²) < 4.78 is 1.02. The second-order valence-electron chi connectivity index (χ2n) is 3.78. The number of benzene rings is 2. The highest BCUT2D eigenvalue weighted by atomic mass is 79.9. The van der Waals surface area contributed by atoms with Crippen molar-refractivity contribution >= 4 is 27.7 Å². The van der Waals surface area contributed by atoms with Crippen LogP contribution in [-0.4, -0.2) is 5.11 Å². The first kappa shape index (κ1) is 12.7. The van der Waals surface area contributed by atoms with Crippen LogP contribution in [0.25, 0.3) is 0 Å². The Morgan fingerprint density at radius 1 is 1.12 bits per heavy atom. The molecule has 0 aromatic heterocycles. The molecule has 0 aliphatic heterocycles. The van der Waals surface area contributed by atoms with Gasteiger partial charge in [0.15, 0.2) is 0 Å². The molecule has 17 heavy (non-hydrogen) atoms. The van der Waals surface area contributed by atoms with Crippen LogP contribution >= 0.6 is 27.7 Å². The largest absolute Gasteiger partial charge is 0.389 e. The molecular formula is C14H13BrOS. The molecule has 0 heterocycles. The SMILES string of the molecule is C[C@@H](O)c1ccc(Sc2ccccc2)c(Br)c1.